The average molecular weight is 409 g/mol. The first-order valence-electron chi connectivity index (χ1n) is 8.30. The maximum Gasteiger partial charge on any atom is 0.417 e. The summed E-state index contributed by atoms with van der Waals surface area (Å²) in [5.41, 5.74) is 5.05. The molecule has 0 saturated carbocycles. The highest BCUT2D eigenvalue weighted by molar-refractivity contribution is 7.21. The number of carbonyl (C=O) groups is 1. The molecule has 0 unspecified atom stereocenters. The van der Waals surface area contributed by atoms with Crippen LogP contribution < -0.4 is 5.73 Å². The van der Waals surface area contributed by atoms with Crippen LogP contribution in [0.3, 0.4) is 0 Å². The Balaban J connectivity index is 1.89. The van der Waals surface area contributed by atoms with Crippen molar-refractivity contribution in [3.05, 3.63) is 35.1 Å². The van der Waals surface area contributed by atoms with E-state index in [0.29, 0.717) is 26.3 Å². The third kappa shape index (κ3) is 3.27. The summed E-state index contributed by atoms with van der Waals surface area (Å²) in [5, 5.41) is -0.262. The number of aromatic nitrogens is 3. The Morgan fingerprint density at radius 1 is 1.21 bits per heavy atom. The molecule has 0 spiro atoms. The first-order valence-corrected chi connectivity index (χ1v) is 9.11. The molecule has 11 heteroatoms. The summed E-state index contributed by atoms with van der Waals surface area (Å²) in [6.07, 6.45) is -0.572. The minimum absolute atomic E-state index is 0.0135. The summed E-state index contributed by atoms with van der Waals surface area (Å²) in [6, 6.07) is 0.887. The van der Waals surface area contributed by atoms with Gasteiger partial charge >= 0.3 is 6.18 Å². The standard InChI is InChI=1S/C17H14F3N5O2S/c18-17(19,20)9-7-10(11-8-22-1-2-23-11)24-15-12(9)13(21)14(28-15)16(26)25-3-5-27-6-4-25/h1-2,7-8H,3-6,21H2. The van der Waals surface area contributed by atoms with Gasteiger partial charge in [-0.05, 0) is 6.07 Å². The Kier molecular flexibility index (Phi) is 4.63. The van der Waals surface area contributed by atoms with Crippen LogP contribution in [0.1, 0.15) is 15.2 Å². The Bertz CT molecular complexity index is 1030. The zero-order valence-corrected chi connectivity index (χ0v) is 15.2. The number of halogens is 3. The smallest absolute Gasteiger partial charge is 0.397 e. The minimum Gasteiger partial charge on any atom is -0.397 e. The third-order valence-electron chi connectivity index (χ3n) is 4.32. The van der Waals surface area contributed by atoms with Gasteiger partial charge in [-0.25, -0.2) is 4.98 Å². The van der Waals surface area contributed by atoms with Gasteiger partial charge in [-0.15, -0.1) is 11.3 Å². The van der Waals surface area contributed by atoms with E-state index in [9.17, 15) is 18.0 Å². The Morgan fingerprint density at radius 3 is 2.61 bits per heavy atom. The molecule has 0 bridgehead atoms. The van der Waals surface area contributed by atoms with Gasteiger partial charge in [-0.3, -0.25) is 14.8 Å². The topological polar surface area (TPSA) is 94.2 Å². The molecule has 1 amide bonds. The number of nitrogens with two attached hydrogens (primary N) is 1. The molecule has 2 N–H and O–H groups in total. The molecular weight excluding hydrogens is 395 g/mol. The highest BCUT2D eigenvalue weighted by Gasteiger charge is 2.37. The van der Waals surface area contributed by atoms with Gasteiger partial charge in [0.1, 0.15) is 15.4 Å². The summed E-state index contributed by atoms with van der Waals surface area (Å²) in [4.78, 5) is 26.5. The van der Waals surface area contributed by atoms with Crippen LogP contribution in [-0.2, 0) is 10.9 Å². The van der Waals surface area contributed by atoms with Crippen molar-refractivity contribution in [2.45, 2.75) is 6.18 Å². The Hall–Kier alpha value is -2.79. The number of anilines is 1. The number of rotatable bonds is 2. The number of amides is 1. The monoisotopic (exact) mass is 409 g/mol. The summed E-state index contributed by atoms with van der Waals surface area (Å²) in [5.74, 6) is -0.419. The van der Waals surface area contributed by atoms with Crippen molar-refractivity contribution >= 4 is 33.1 Å². The van der Waals surface area contributed by atoms with Crippen molar-refractivity contribution in [3.8, 4) is 11.4 Å². The maximum absolute atomic E-state index is 13.7. The average Bonchev–Trinajstić information content (AvgIpc) is 3.04. The molecule has 0 aliphatic carbocycles. The zero-order valence-electron chi connectivity index (χ0n) is 14.4. The van der Waals surface area contributed by atoms with Crippen molar-refractivity contribution in [2.24, 2.45) is 0 Å². The van der Waals surface area contributed by atoms with Gasteiger partial charge in [0, 0.05) is 30.9 Å². The molecule has 4 rings (SSSR count). The molecule has 1 fully saturated rings. The van der Waals surface area contributed by atoms with E-state index in [1.807, 2.05) is 0 Å². The van der Waals surface area contributed by atoms with Gasteiger partial charge in [-0.1, -0.05) is 0 Å². The number of nitrogens with zero attached hydrogens (tertiary/aromatic N) is 4. The van der Waals surface area contributed by atoms with Gasteiger partial charge < -0.3 is 15.4 Å². The van der Waals surface area contributed by atoms with Crippen LogP contribution >= 0.6 is 11.3 Å². The second-order valence-corrected chi connectivity index (χ2v) is 7.07. The van der Waals surface area contributed by atoms with Crippen molar-refractivity contribution in [3.63, 3.8) is 0 Å². The molecule has 28 heavy (non-hydrogen) atoms. The lowest BCUT2D eigenvalue weighted by Gasteiger charge is -2.26. The molecule has 1 aliphatic rings. The molecule has 7 nitrogen and oxygen atoms in total. The van der Waals surface area contributed by atoms with E-state index < -0.39 is 17.6 Å². The largest absolute Gasteiger partial charge is 0.417 e. The number of morpholine rings is 1. The summed E-state index contributed by atoms with van der Waals surface area (Å²) in [7, 11) is 0. The lowest BCUT2D eigenvalue weighted by atomic mass is 10.1. The van der Waals surface area contributed by atoms with E-state index in [2.05, 4.69) is 15.0 Å². The molecule has 1 saturated heterocycles. The first kappa shape index (κ1) is 18.6. The minimum atomic E-state index is -4.67. The number of nitrogen functional groups attached to an aromatic ring is 1. The molecule has 0 aromatic carbocycles. The molecule has 0 atom stereocenters. The Labute approximate surface area is 161 Å². The lowest BCUT2D eigenvalue weighted by molar-refractivity contribution is -0.136. The van der Waals surface area contributed by atoms with E-state index >= 15 is 0 Å². The zero-order chi connectivity index (χ0) is 19.9. The quantitative estimate of drug-likeness (QED) is 0.700. The number of fused-ring (bicyclic) bond motifs is 1. The highest BCUT2D eigenvalue weighted by Crippen LogP contribution is 2.43. The van der Waals surface area contributed by atoms with E-state index in [1.165, 1.54) is 23.5 Å². The van der Waals surface area contributed by atoms with Crippen molar-refractivity contribution in [1.82, 2.24) is 19.9 Å². The number of carbonyl (C=O) groups excluding carboxylic acids is 1. The van der Waals surface area contributed by atoms with Gasteiger partial charge in [0.25, 0.3) is 5.91 Å². The second-order valence-electron chi connectivity index (χ2n) is 6.07. The van der Waals surface area contributed by atoms with Crippen molar-refractivity contribution in [2.75, 3.05) is 32.0 Å². The van der Waals surface area contributed by atoms with Crippen LogP contribution in [0.5, 0.6) is 0 Å². The van der Waals surface area contributed by atoms with Gasteiger partial charge in [0.2, 0.25) is 0 Å². The van der Waals surface area contributed by atoms with Crippen molar-refractivity contribution < 1.29 is 22.7 Å². The number of pyridine rings is 1. The number of hydrogen-bond donors (Lipinski definition) is 1. The number of hydrogen-bond acceptors (Lipinski definition) is 7. The van der Waals surface area contributed by atoms with E-state index in [-0.39, 0.29) is 32.2 Å². The molecule has 4 heterocycles. The summed E-state index contributed by atoms with van der Waals surface area (Å²) in [6.45, 7) is 1.46. The number of alkyl halides is 3. The molecule has 3 aromatic heterocycles. The number of ether oxygens (including phenoxy) is 1. The predicted octanol–water partition coefficient (Wildman–Crippen LogP) is 2.83. The van der Waals surface area contributed by atoms with E-state index in [0.717, 1.165) is 17.4 Å². The van der Waals surface area contributed by atoms with Crippen LogP contribution in [0.2, 0.25) is 0 Å². The fourth-order valence-corrected chi connectivity index (χ4v) is 4.06. The lowest BCUT2D eigenvalue weighted by Crippen LogP contribution is -2.40. The molecular formula is C17H14F3N5O2S. The van der Waals surface area contributed by atoms with Crippen molar-refractivity contribution in [1.29, 1.82) is 0 Å². The number of thiophene rings is 1. The van der Waals surface area contributed by atoms with Crippen LogP contribution in [0, 0.1) is 0 Å². The second kappa shape index (κ2) is 6.99. The molecule has 0 radical (unpaired) electrons. The maximum atomic E-state index is 13.7. The molecule has 1 aliphatic heterocycles. The normalized spacial score (nSPS) is 15.2. The van der Waals surface area contributed by atoms with Crippen LogP contribution in [0.25, 0.3) is 21.6 Å². The SMILES string of the molecule is Nc1c(C(=O)N2CCOCC2)sc2nc(-c3cnccn3)cc(C(F)(F)F)c12. The predicted molar refractivity (Wildman–Crippen MR) is 96.8 cm³/mol. The van der Waals surface area contributed by atoms with E-state index in [1.54, 1.807) is 0 Å². The Morgan fingerprint density at radius 2 is 1.96 bits per heavy atom. The van der Waals surface area contributed by atoms with Gasteiger partial charge in [-0.2, -0.15) is 13.2 Å². The van der Waals surface area contributed by atoms with Crippen LogP contribution in [-0.4, -0.2) is 52.1 Å². The van der Waals surface area contributed by atoms with Gasteiger partial charge in [0.05, 0.1) is 36.4 Å². The van der Waals surface area contributed by atoms with E-state index in [4.69, 9.17) is 10.5 Å². The van der Waals surface area contributed by atoms with Crippen LogP contribution in [0.4, 0.5) is 18.9 Å². The molecule has 146 valence electrons. The third-order valence-corrected chi connectivity index (χ3v) is 5.41. The fourth-order valence-electron chi connectivity index (χ4n) is 2.98. The summed E-state index contributed by atoms with van der Waals surface area (Å²) < 4.78 is 46.4. The highest BCUT2D eigenvalue weighted by atomic mass is 32.1. The van der Waals surface area contributed by atoms with Crippen LogP contribution in [0.15, 0.2) is 24.7 Å². The summed E-state index contributed by atoms with van der Waals surface area (Å²) >= 11 is 0.848. The molecule has 3 aromatic rings. The van der Waals surface area contributed by atoms with Gasteiger partial charge in [0.15, 0.2) is 0 Å². The fraction of sp³-hybridized carbons (Fsp3) is 0.294. The first-order chi connectivity index (χ1) is 13.4.